The number of aromatic nitrogens is 4. The fourth-order valence-corrected chi connectivity index (χ4v) is 1.62. The summed E-state index contributed by atoms with van der Waals surface area (Å²) < 4.78 is 0. The summed E-state index contributed by atoms with van der Waals surface area (Å²) in [6.07, 6.45) is 3.28. The minimum Gasteiger partial charge on any atom is -0.383 e. The number of hydrogen-bond donors (Lipinski definition) is 2. The summed E-state index contributed by atoms with van der Waals surface area (Å²) in [6.45, 7) is 0. The first kappa shape index (κ1) is 10.4. The summed E-state index contributed by atoms with van der Waals surface area (Å²) in [5.74, 6) is 1.25. The van der Waals surface area contributed by atoms with Crippen molar-refractivity contribution in [2.45, 2.75) is 0 Å². The van der Waals surface area contributed by atoms with E-state index in [1.165, 1.54) is 0 Å². The highest BCUT2D eigenvalue weighted by molar-refractivity contribution is 5.88. The van der Waals surface area contributed by atoms with Gasteiger partial charge in [0.15, 0.2) is 0 Å². The van der Waals surface area contributed by atoms with Gasteiger partial charge in [0.25, 0.3) is 0 Å². The molecule has 2 heterocycles. The monoisotopic (exact) mass is 238 g/mol. The molecule has 0 spiro atoms. The lowest BCUT2D eigenvalue weighted by molar-refractivity contribution is 1.12. The second kappa shape index (κ2) is 4.25. The molecule has 0 aliphatic carbocycles. The van der Waals surface area contributed by atoms with E-state index in [1.807, 2.05) is 24.3 Å². The van der Waals surface area contributed by atoms with Gasteiger partial charge >= 0.3 is 0 Å². The van der Waals surface area contributed by atoms with Crippen LogP contribution < -0.4 is 11.1 Å². The summed E-state index contributed by atoms with van der Waals surface area (Å²) in [6, 6.07) is 9.30. The Morgan fingerprint density at radius 3 is 2.50 bits per heavy atom. The molecule has 0 saturated carbocycles. The van der Waals surface area contributed by atoms with Gasteiger partial charge in [-0.3, -0.25) is 5.32 Å². The van der Waals surface area contributed by atoms with Crippen LogP contribution in [0.4, 0.5) is 17.7 Å². The van der Waals surface area contributed by atoms with Crippen molar-refractivity contribution in [2.75, 3.05) is 11.1 Å². The predicted octanol–water partition coefficient (Wildman–Crippen LogP) is 1.75. The second-order valence-corrected chi connectivity index (χ2v) is 3.65. The van der Waals surface area contributed by atoms with Crippen LogP contribution in [0.15, 0.2) is 42.7 Å². The Hall–Kier alpha value is -2.76. The fraction of sp³-hybridized carbons (Fsp3) is 0. The molecule has 0 fully saturated rings. The van der Waals surface area contributed by atoms with Crippen LogP contribution in [0.2, 0.25) is 0 Å². The van der Waals surface area contributed by atoms with Crippen molar-refractivity contribution in [3.63, 3.8) is 0 Å². The number of nitrogen functional groups attached to an aromatic ring is 1. The average molecular weight is 238 g/mol. The maximum Gasteiger partial charge on any atom is 0.232 e. The van der Waals surface area contributed by atoms with Gasteiger partial charge in [0.2, 0.25) is 11.9 Å². The highest BCUT2D eigenvalue weighted by Gasteiger charge is 2.05. The molecule has 0 aliphatic heterocycles. The summed E-state index contributed by atoms with van der Waals surface area (Å²) in [5, 5.41) is 3.74. The Balaban J connectivity index is 2.03. The summed E-state index contributed by atoms with van der Waals surface area (Å²) >= 11 is 0. The van der Waals surface area contributed by atoms with Crippen molar-refractivity contribution < 1.29 is 0 Å². The van der Waals surface area contributed by atoms with Gasteiger partial charge in [-0.05, 0) is 18.2 Å². The number of benzene rings is 1. The van der Waals surface area contributed by atoms with Gasteiger partial charge < -0.3 is 5.73 Å². The molecule has 88 valence electrons. The molecule has 0 amide bonds. The van der Waals surface area contributed by atoms with E-state index in [0.29, 0.717) is 17.7 Å². The number of nitrogens with two attached hydrogens (primary N) is 1. The van der Waals surface area contributed by atoms with Crippen LogP contribution in [0.3, 0.4) is 0 Å². The van der Waals surface area contributed by atoms with E-state index in [1.54, 1.807) is 18.5 Å². The van der Waals surface area contributed by atoms with Gasteiger partial charge in [-0.2, -0.15) is 4.98 Å². The molecular weight excluding hydrogens is 228 g/mol. The number of nitrogens with zero attached hydrogens (tertiary/aromatic N) is 4. The Morgan fingerprint density at radius 1 is 0.889 bits per heavy atom. The van der Waals surface area contributed by atoms with Crippen LogP contribution >= 0.6 is 0 Å². The van der Waals surface area contributed by atoms with Crippen LogP contribution in [0, 0.1) is 0 Å². The lowest BCUT2D eigenvalue weighted by Gasteiger charge is -2.05. The zero-order valence-corrected chi connectivity index (χ0v) is 9.41. The van der Waals surface area contributed by atoms with E-state index in [-0.39, 0.29) is 0 Å². The summed E-state index contributed by atoms with van der Waals surface area (Å²) in [7, 11) is 0. The third-order valence-corrected chi connectivity index (χ3v) is 2.42. The average Bonchev–Trinajstić information content (AvgIpc) is 2.40. The molecule has 2 aromatic heterocycles. The van der Waals surface area contributed by atoms with E-state index in [9.17, 15) is 0 Å². The lowest BCUT2D eigenvalue weighted by Crippen LogP contribution is -2.03. The maximum absolute atomic E-state index is 5.88. The minimum atomic E-state index is 0.386. The maximum atomic E-state index is 5.88. The molecule has 0 saturated heterocycles. The standard InChI is InChI=1S/C12H10N6/c13-10-8-4-1-2-5-9(8)16-12(17-10)18-11-14-6-3-7-15-11/h1-7H,(H3,13,14,15,16,17,18). The Bertz CT molecular complexity index is 682. The number of hydrogen-bond acceptors (Lipinski definition) is 6. The number of nitrogens with one attached hydrogen (secondary N) is 1. The van der Waals surface area contributed by atoms with Crippen molar-refractivity contribution in [3.8, 4) is 0 Å². The second-order valence-electron chi connectivity index (χ2n) is 3.65. The first-order valence-corrected chi connectivity index (χ1v) is 5.39. The van der Waals surface area contributed by atoms with Gasteiger partial charge in [0, 0.05) is 17.8 Å². The Labute approximate surface area is 103 Å². The lowest BCUT2D eigenvalue weighted by atomic mass is 10.2. The molecule has 1 aromatic carbocycles. The highest BCUT2D eigenvalue weighted by atomic mass is 15.2. The van der Waals surface area contributed by atoms with Crippen LogP contribution in [0.1, 0.15) is 0 Å². The molecule has 0 bridgehead atoms. The molecule has 0 atom stereocenters. The highest BCUT2D eigenvalue weighted by Crippen LogP contribution is 2.19. The van der Waals surface area contributed by atoms with Crippen molar-refractivity contribution in [3.05, 3.63) is 42.7 Å². The SMILES string of the molecule is Nc1nc(Nc2ncccn2)nc2ccccc12. The first-order chi connectivity index (χ1) is 8.83. The van der Waals surface area contributed by atoms with E-state index >= 15 is 0 Å². The number of rotatable bonds is 2. The summed E-state index contributed by atoms with van der Waals surface area (Å²) in [4.78, 5) is 16.6. The van der Waals surface area contributed by atoms with E-state index in [2.05, 4.69) is 25.3 Å². The zero-order valence-electron chi connectivity index (χ0n) is 9.41. The normalized spacial score (nSPS) is 10.4. The third kappa shape index (κ3) is 1.91. The zero-order chi connectivity index (χ0) is 12.4. The molecular formula is C12H10N6. The van der Waals surface area contributed by atoms with Gasteiger partial charge in [-0.1, -0.05) is 12.1 Å². The molecule has 3 rings (SSSR count). The van der Waals surface area contributed by atoms with E-state index in [4.69, 9.17) is 5.73 Å². The topological polar surface area (TPSA) is 89.6 Å². The molecule has 0 unspecified atom stereocenters. The van der Waals surface area contributed by atoms with Crippen molar-refractivity contribution >= 4 is 28.6 Å². The minimum absolute atomic E-state index is 0.386. The van der Waals surface area contributed by atoms with E-state index in [0.717, 1.165) is 10.9 Å². The number of fused-ring (bicyclic) bond motifs is 1. The summed E-state index contributed by atoms with van der Waals surface area (Å²) in [5.41, 5.74) is 6.66. The number of para-hydroxylation sites is 1. The molecule has 18 heavy (non-hydrogen) atoms. The van der Waals surface area contributed by atoms with Crippen LogP contribution in [0.25, 0.3) is 10.9 Å². The van der Waals surface area contributed by atoms with Gasteiger partial charge in [0.05, 0.1) is 5.52 Å². The largest absolute Gasteiger partial charge is 0.383 e. The molecule has 3 N–H and O–H groups in total. The molecule has 6 heteroatoms. The molecule has 0 radical (unpaired) electrons. The van der Waals surface area contributed by atoms with Crippen LogP contribution in [0.5, 0.6) is 0 Å². The van der Waals surface area contributed by atoms with E-state index < -0.39 is 0 Å². The number of anilines is 3. The van der Waals surface area contributed by atoms with Crippen molar-refractivity contribution in [1.29, 1.82) is 0 Å². The van der Waals surface area contributed by atoms with Gasteiger partial charge in [-0.15, -0.1) is 0 Å². The molecule has 3 aromatic rings. The van der Waals surface area contributed by atoms with Gasteiger partial charge in [-0.25, -0.2) is 15.0 Å². The predicted molar refractivity (Wildman–Crippen MR) is 69.3 cm³/mol. The Kier molecular flexibility index (Phi) is 2.45. The fourth-order valence-electron chi connectivity index (χ4n) is 1.62. The van der Waals surface area contributed by atoms with Crippen molar-refractivity contribution in [2.24, 2.45) is 0 Å². The molecule has 0 aliphatic rings. The van der Waals surface area contributed by atoms with Gasteiger partial charge in [0.1, 0.15) is 5.82 Å². The Morgan fingerprint density at radius 2 is 1.67 bits per heavy atom. The van der Waals surface area contributed by atoms with Crippen LogP contribution in [-0.2, 0) is 0 Å². The van der Waals surface area contributed by atoms with Crippen LogP contribution in [-0.4, -0.2) is 19.9 Å². The molecule has 6 nitrogen and oxygen atoms in total. The third-order valence-electron chi connectivity index (χ3n) is 2.42. The van der Waals surface area contributed by atoms with Crippen molar-refractivity contribution in [1.82, 2.24) is 19.9 Å². The first-order valence-electron chi connectivity index (χ1n) is 5.39. The quantitative estimate of drug-likeness (QED) is 0.706. The smallest absolute Gasteiger partial charge is 0.232 e.